The van der Waals surface area contributed by atoms with Crippen LogP contribution in [0.2, 0.25) is 0 Å². The summed E-state index contributed by atoms with van der Waals surface area (Å²) in [6.45, 7) is -0.397. The molecular formula is C22H24F2O6. The third-order valence-electron chi connectivity index (χ3n) is 5.76. The quantitative estimate of drug-likeness (QED) is 0.579. The zero-order valence-electron chi connectivity index (χ0n) is 16.1. The molecule has 2 aliphatic rings. The molecule has 0 aromatic heterocycles. The summed E-state index contributed by atoms with van der Waals surface area (Å²) in [5.41, 5.74) is 3.67. The molecule has 1 spiro atoms. The summed E-state index contributed by atoms with van der Waals surface area (Å²) in [4.78, 5) is 0. The number of fused-ring (bicyclic) bond motifs is 2. The van der Waals surface area contributed by atoms with Crippen molar-refractivity contribution in [1.29, 1.82) is 0 Å². The third kappa shape index (κ3) is 3.75. The Morgan fingerprint density at radius 1 is 0.967 bits per heavy atom. The standard InChI is InChI=1S/C22H24F2O6/c23-18(24)9-13-3-1-12(2-4-13)7-14-5-6-15-11-29-22(16(15)8-14)21(28)20(27)19(26)17(10-25)30-22/h1-6,8,17-21,25-28H,7,9-11H2/t17-,19-,20+,21-,22?/m1/s1. The average molecular weight is 422 g/mol. The fourth-order valence-corrected chi connectivity index (χ4v) is 4.14. The van der Waals surface area contributed by atoms with Gasteiger partial charge in [-0.15, -0.1) is 0 Å². The van der Waals surface area contributed by atoms with E-state index in [2.05, 4.69) is 0 Å². The van der Waals surface area contributed by atoms with Crippen LogP contribution in [-0.4, -0.2) is 57.9 Å². The maximum absolute atomic E-state index is 12.5. The highest BCUT2D eigenvalue weighted by molar-refractivity contribution is 5.41. The minimum absolute atomic E-state index is 0.149. The largest absolute Gasteiger partial charge is 0.394 e. The Balaban J connectivity index is 1.60. The number of hydrogen-bond acceptors (Lipinski definition) is 6. The van der Waals surface area contributed by atoms with E-state index in [0.717, 1.165) is 16.7 Å². The molecule has 5 atom stereocenters. The summed E-state index contributed by atoms with van der Waals surface area (Å²) < 4.78 is 36.5. The highest BCUT2D eigenvalue weighted by atomic mass is 19.3. The summed E-state index contributed by atoms with van der Waals surface area (Å²) in [7, 11) is 0. The van der Waals surface area contributed by atoms with Gasteiger partial charge in [0, 0.05) is 12.0 Å². The smallest absolute Gasteiger partial charge is 0.242 e. The normalized spacial score (nSPS) is 30.8. The first-order valence-electron chi connectivity index (χ1n) is 9.79. The van der Waals surface area contributed by atoms with E-state index in [9.17, 15) is 29.2 Å². The van der Waals surface area contributed by atoms with Gasteiger partial charge in [0.25, 0.3) is 0 Å². The van der Waals surface area contributed by atoms with E-state index in [1.165, 1.54) is 0 Å². The van der Waals surface area contributed by atoms with E-state index in [-0.39, 0.29) is 13.0 Å². The molecular weight excluding hydrogens is 398 g/mol. The lowest BCUT2D eigenvalue weighted by Gasteiger charge is -2.46. The molecule has 1 unspecified atom stereocenters. The van der Waals surface area contributed by atoms with Crippen molar-refractivity contribution in [3.8, 4) is 0 Å². The Labute approximate surface area is 172 Å². The molecule has 4 N–H and O–H groups in total. The van der Waals surface area contributed by atoms with E-state index in [4.69, 9.17) is 9.47 Å². The Morgan fingerprint density at radius 3 is 2.30 bits per heavy atom. The lowest BCUT2D eigenvalue weighted by atomic mass is 9.86. The summed E-state index contributed by atoms with van der Waals surface area (Å²) in [5.74, 6) is -1.68. The van der Waals surface area contributed by atoms with Crippen molar-refractivity contribution < 1.29 is 38.7 Å². The van der Waals surface area contributed by atoms with E-state index < -0.39 is 43.2 Å². The van der Waals surface area contributed by atoms with Crippen LogP contribution in [0.1, 0.15) is 27.8 Å². The number of aliphatic hydroxyl groups excluding tert-OH is 4. The molecule has 0 radical (unpaired) electrons. The highest BCUT2D eigenvalue weighted by Gasteiger charge is 2.58. The lowest BCUT2D eigenvalue weighted by molar-refractivity contribution is -0.368. The van der Waals surface area contributed by atoms with Gasteiger partial charge < -0.3 is 29.9 Å². The van der Waals surface area contributed by atoms with Crippen LogP contribution in [-0.2, 0) is 34.7 Å². The number of ether oxygens (including phenoxy) is 2. The second-order valence-electron chi connectivity index (χ2n) is 7.80. The third-order valence-corrected chi connectivity index (χ3v) is 5.76. The van der Waals surface area contributed by atoms with Crippen LogP contribution in [0.25, 0.3) is 0 Å². The van der Waals surface area contributed by atoms with E-state index in [1.807, 2.05) is 12.1 Å². The molecule has 4 rings (SSSR count). The first-order valence-corrected chi connectivity index (χ1v) is 9.79. The van der Waals surface area contributed by atoms with Crippen LogP contribution in [0.3, 0.4) is 0 Å². The van der Waals surface area contributed by atoms with Crippen molar-refractivity contribution in [3.63, 3.8) is 0 Å². The van der Waals surface area contributed by atoms with Gasteiger partial charge in [0.2, 0.25) is 12.2 Å². The number of hydrogen-bond donors (Lipinski definition) is 4. The van der Waals surface area contributed by atoms with Gasteiger partial charge in [0.05, 0.1) is 13.2 Å². The second-order valence-corrected chi connectivity index (χ2v) is 7.80. The van der Waals surface area contributed by atoms with Crippen molar-refractivity contribution in [2.24, 2.45) is 0 Å². The molecule has 8 heteroatoms. The Morgan fingerprint density at radius 2 is 1.63 bits per heavy atom. The predicted octanol–water partition coefficient (Wildman–Crippen LogP) is 1.24. The van der Waals surface area contributed by atoms with Crippen molar-refractivity contribution >= 4 is 0 Å². The number of benzene rings is 2. The number of halogens is 2. The van der Waals surface area contributed by atoms with Crippen molar-refractivity contribution in [1.82, 2.24) is 0 Å². The minimum atomic E-state index is -2.39. The maximum atomic E-state index is 12.5. The minimum Gasteiger partial charge on any atom is -0.394 e. The summed E-state index contributed by atoms with van der Waals surface area (Å²) >= 11 is 0. The lowest BCUT2D eigenvalue weighted by Crippen LogP contribution is -2.63. The first kappa shape index (κ1) is 21.3. The van der Waals surface area contributed by atoms with Gasteiger partial charge in [-0.2, -0.15) is 0 Å². The molecule has 0 aliphatic carbocycles. The molecule has 2 aromatic rings. The Hall–Kier alpha value is -1.94. The van der Waals surface area contributed by atoms with Gasteiger partial charge in [0.1, 0.15) is 24.4 Å². The van der Waals surface area contributed by atoms with Crippen molar-refractivity contribution in [2.45, 2.75) is 56.1 Å². The Kier molecular flexibility index (Phi) is 5.89. The van der Waals surface area contributed by atoms with Gasteiger partial charge in [-0.25, -0.2) is 8.78 Å². The highest BCUT2D eigenvalue weighted by Crippen LogP contribution is 2.46. The zero-order valence-corrected chi connectivity index (χ0v) is 16.1. The van der Waals surface area contributed by atoms with Crippen LogP contribution < -0.4 is 0 Å². The topological polar surface area (TPSA) is 99.4 Å². The monoisotopic (exact) mass is 422 g/mol. The van der Waals surface area contributed by atoms with E-state index in [0.29, 0.717) is 17.5 Å². The van der Waals surface area contributed by atoms with Crippen LogP contribution in [0.15, 0.2) is 42.5 Å². The molecule has 6 nitrogen and oxygen atoms in total. The van der Waals surface area contributed by atoms with Gasteiger partial charge >= 0.3 is 0 Å². The van der Waals surface area contributed by atoms with Crippen LogP contribution >= 0.6 is 0 Å². The Bertz CT molecular complexity index is 888. The molecule has 30 heavy (non-hydrogen) atoms. The van der Waals surface area contributed by atoms with Crippen LogP contribution in [0, 0.1) is 0 Å². The van der Waals surface area contributed by atoms with Crippen molar-refractivity contribution in [3.05, 3.63) is 70.3 Å². The van der Waals surface area contributed by atoms with Gasteiger partial charge in [-0.05, 0) is 34.7 Å². The molecule has 1 fully saturated rings. The summed E-state index contributed by atoms with van der Waals surface area (Å²) in [6, 6.07) is 12.5. The molecule has 0 bridgehead atoms. The van der Waals surface area contributed by atoms with Crippen molar-refractivity contribution in [2.75, 3.05) is 6.61 Å². The fourth-order valence-electron chi connectivity index (χ4n) is 4.14. The number of rotatable bonds is 5. The van der Waals surface area contributed by atoms with Crippen LogP contribution in [0.4, 0.5) is 8.78 Å². The van der Waals surface area contributed by atoms with Gasteiger partial charge in [0.15, 0.2) is 0 Å². The van der Waals surface area contributed by atoms with Gasteiger partial charge in [-0.3, -0.25) is 0 Å². The number of aliphatic hydroxyl groups is 4. The SMILES string of the molecule is OC[C@H]1OC2(OCc3ccc(Cc4ccc(CC(F)F)cc4)cc32)[C@H](O)[C@@H](O)[C@@H]1O. The summed E-state index contributed by atoms with van der Waals surface area (Å²) in [6.07, 6.45) is -7.80. The molecule has 0 saturated carbocycles. The first-order chi connectivity index (χ1) is 14.3. The van der Waals surface area contributed by atoms with E-state index >= 15 is 0 Å². The second kappa shape index (κ2) is 8.30. The van der Waals surface area contributed by atoms with E-state index in [1.54, 1.807) is 30.3 Å². The summed E-state index contributed by atoms with van der Waals surface area (Å²) in [5, 5.41) is 40.4. The number of alkyl halides is 2. The molecule has 2 aromatic carbocycles. The maximum Gasteiger partial charge on any atom is 0.242 e. The molecule has 2 aliphatic heterocycles. The molecule has 162 valence electrons. The predicted molar refractivity (Wildman–Crippen MR) is 102 cm³/mol. The van der Waals surface area contributed by atoms with Crippen LogP contribution in [0.5, 0.6) is 0 Å². The van der Waals surface area contributed by atoms with Gasteiger partial charge in [-0.1, -0.05) is 36.4 Å². The fraction of sp³-hybridized carbons (Fsp3) is 0.455. The molecule has 0 amide bonds. The molecule has 2 heterocycles. The molecule has 1 saturated heterocycles. The zero-order chi connectivity index (χ0) is 21.5. The average Bonchev–Trinajstić information content (AvgIpc) is 3.09.